The van der Waals surface area contributed by atoms with Crippen LogP contribution < -0.4 is 5.73 Å². The second-order valence-electron chi connectivity index (χ2n) is 7.70. The lowest BCUT2D eigenvalue weighted by Crippen LogP contribution is -2.66. The molecule has 0 aromatic heterocycles. The van der Waals surface area contributed by atoms with Crippen LogP contribution in [0, 0.1) is 17.8 Å². The number of aliphatic hydroxyl groups is 1. The molecule has 5 unspecified atom stereocenters. The first-order chi connectivity index (χ1) is 8.97. The molecule has 5 atom stereocenters. The zero-order valence-corrected chi connectivity index (χ0v) is 12.4. The summed E-state index contributed by atoms with van der Waals surface area (Å²) >= 11 is 0. The van der Waals surface area contributed by atoms with Crippen LogP contribution in [0.3, 0.4) is 0 Å². The second kappa shape index (κ2) is 4.71. The third kappa shape index (κ3) is 2.24. The lowest BCUT2D eigenvalue weighted by atomic mass is 9.59. The summed E-state index contributed by atoms with van der Waals surface area (Å²) in [6, 6.07) is 0.298. The van der Waals surface area contributed by atoms with Crippen molar-refractivity contribution in [2.24, 2.45) is 23.5 Å². The van der Waals surface area contributed by atoms with Crippen LogP contribution in [-0.4, -0.2) is 29.0 Å². The van der Waals surface area contributed by atoms with E-state index in [0.29, 0.717) is 30.4 Å². The maximum Gasteiger partial charge on any atom is 0.0733 e. The number of ether oxygens (including phenoxy) is 1. The van der Waals surface area contributed by atoms with Gasteiger partial charge in [0.2, 0.25) is 0 Å². The van der Waals surface area contributed by atoms with Gasteiger partial charge < -0.3 is 15.6 Å². The van der Waals surface area contributed by atoms with E-state index >= 15 is 0 Å². The zero-order chi connectivity index (χ0) is 13.7. The van der Waals surface area contributed by atoms with Crippen LogP contribution in [0.2, 0.25) is 0 Å². The van der Waals surface area contributed by atoms with Crippen molar-refractivity contribution in [1.29, 1.82) is 0 Å². The normalized spacial score (nSPS) is 49.3. The van der Waals surface area contributed by atoms with Crippen molar-refractivity contribution >= 4 is 0 Å². The molecule has 4 aliphatic rings. The quantitative estimate of drug-likeness (QED) is 0.808. The Kier molecular flexibility index (Phi) is 3.43. The summed E-state index contributed by atoms with van der Waals surface area (Å²) in [5.74, 6) is 1.60. The number of hydrogen-bond acceptors (Lipinski definition) is 3. The van der Waals surface area contributed by atoms with Gasteiger partial charge in [-0.05, 0) is 64.2 Å². The molecule has 19 heavy (non-hydrogen) atoms. The molecule has 2 saturated carbocycles. The zero-order valence-electron chi connectivity index (χ0n) is 12.4. The SMILES string of the molecule is CC1(C)OC2(C3CCCC(CO)C3)CCC1C(N)C2. The van der Waals surface area contributed by atoms with Gasteiger partial charge in [0, 0.05) is 18.6 Å². The number of fused-ring (bicyclic) bond motifs is 3. The van der Waals surface area contributed by atoms with Crippen LogP contribution >= 0.6 is 0 Å². The Hall–Kier alpha value is -0.120. The summed E-state index contributed by atoms with van der Waals surface area (Å²) in [4.78, 5) is 0. The highest BCUT2D eigenvalue weighted by Crippen LogP contribution is 2.55. The first kappa shape index (κ1) is 13.8. The summed E-state index contributed by atoms with van der Waals surface area (Å²) in [5, 5.41) is 9.46. The summed E-state index contributed by atoms with van der Waals surface area (Å²) in [7, 11) is 0. The van der Waals surface area contributed by atoms with Gasteiger partial charge in [-0.1, -0.05) is 6.42 Å². The van der Waals surface area contributed by atoms with Gasteiger partial charge in [-0.3, -0.25) is 0 Å². The van der Waals surface area contributed by atoms with Gasteiger partial charge in [-0.2, -0.15) is 0 Å². The molecule has 2 heterocycles. The van der Waals surface area contributed by atoms with Crippen LogP contribution in [0.4, 0.5) is 0 Å². The largest absolute Gasteiger partial charge is 0.396 e. The highest BCUT2D eigenvalue weighted by Gasteiger charge is 2.57. The van der Waals surface area contributed by atoms with Crippen molar-refractivity contribution in [3.05, 3.63) is 0 Å². The summed E-state index contributed by atoms with van der Waals surface area (Å²) in [5.41, 5.74) is 6.36. The van der Waals surface area contributed by atoms with E-state index in [4.69, 9.17) is 10.5 Å². The Balaban J connectivity index is 1.82. The van der Waals surface area contributed by atoms with Crippen molar-refractivity contribution in [1.82, 2.24) is 0 Å². The maximum atomic E-state index is 9.46. The first-order valence-corrected chi connectivity index (χ1v) is 8.03. The van der Waals surface area contributed by atoms with E-state index in [1.807, 2.05) is 0 Å². The van der Waals surface area contributed by atoms with Crippen LogP contribution in [0.5, 0.6) is 0 Å². The lowest BCUT2D eigenvalue weighted by Gasteiger charge is -2.61. The van der Waals surface area contributed by atoms with E-state index < -0.39 is 0 Å². The fourth-order valence-electron chi connectivity index (χ4n) is 5.20. The highest BCUT2D eigenvalue weighted by atomic mass is 16.5. The average Bonchev–Trinajstić information content (AvgIpc) is 2.37. The third-order valence-electron chi connectivity index (χ3n) is 6.12. The average molecular weight is 267 g/mol. The molecular formula is C16H29NO2. The van der Waals surface area contributed by atoms with E-state index in [1.165, 1.54) is 32.1 Å². The molecule has 2 saturated heterocycles. The minimum absolute atomic E-state index is 0.00546. The molecule has 110 valence electrons. The first-order valence-electron chi connectivity index (χ1n) is 8.03. The van der Waals surface area contributed by atoms with Gasteiger partial charge in [0.25, 0.3) is 0 Å². The van der Waals surface area contributed by atoms with Crippen molar-refractivity contribution in [3.63, 3.8) is 0 Å². The standard InChI is InChI=1S/C16H29NO2/c1-15(2)13-6-7-16(19-15,9-14(13)17)12-5-3-4-11(8-12)10-18/h11-14,18H,3-10,17H2,1-2H3. The molecule has 0 radical (unpaired) electrons. The number of hydrogen-bond donors (Lipinski definition) is 2. The van der Waals surface area contributed by atoms with Crippen molar-refractivity contribution in [3.8, 4) is 0 Å². The van der Waals surface area contributed by atoms with E-state index in [-0.39, 0.29) is 11.2 Å². The topological polar surface area (TPSA) is 55.5 Å². The van der Waals surface area contributed by atoms with Crippen molar-refractivity contribution in [2.45, 2.75) is 76.0 Å². The molecule has 3 N–H and O–H groups in total. The molecule has 3 nitrogen and oxygen atoms in total. The molecule has 0 aromatic carbocycles. The molecular weight excluding hydrogens is 238 g/mol. The highest BCUT2D eigenvalue weighted by molar-refractivity contribution is 5.08. The van der Waals surface area contributed by atoms with Crippen LogP contribution in [-0.2, 0) is 4.74 Å². The Labute approximate surface area is 116 Å². The van der Waals surface area contributed by atoms with Crippen molar-refractivity contribution in [2.75, 3.05) is 6.61 Å². The van der Waals surface area contributed by atoms with Crippen molar-refractivity contribution < 1.29 is 9.84 Å². The minimum atomic E-state index is -0.0674. The monoisotopic (exact) mass is 267 g/mol. The molecule has 0 spiro atoms. The predicted octanol–water partition coefficient (Wildman–Crippen LogP) is 2.46. The lowest BCUT2D eigenvalue weighted by molar-refractivity contribution is -0.269. The second-order valence-corrected chi connectivity index (χ2v) is 7.70. The van der Waals surface area contributed by atoms with Gasteiger partial charge in [0.15, 0.2) is 0 Å². The predicted molar refractivity (Wildman–Crippen MR) is 75.7 cm³/mol. The van der Waals surface area contributed by atoms with Gasteiger partial charge in [-0.15, -0.1) is 0 Å². The number of rotatable bonds is 2. The molecule has 0 amide bonds. The summed E-state index contributed by atoms with van der Waals surface area (Å²) in [6.07, 6.45) is 8.23. The summed E-state index contributed by atoms with van der Waals surface area (Å²) in [6.45, 7) is 4.78. The van der Waals surface area contributed by atoms with E-state index in [9.17, 15) is 5.11 Å². The van der Waals surface area contributed by atoms with Gasteiger partial charge in [-0.25, -0.2) is 0 Å². The fraction of sp³-hybridized carbons (Fsp3) is 1.00. The molecule has 0 aromatic rings. The van der Waals surface area contributed by atoms with E-state index in [0.717, 1.165) is 12.8 Å². The molecule has 2 aliphatic heterocycles. The van der Waals surface area contributed by atoms with Gasteiger partial charge in [0.1, 0.15) is 0 Å². The molecule has 4 fully saturated rings. The van der Waals surface area contributed by atoms with E-state index in [2.05, 4.69) is 13.8 Å². The fourth-order valence-corrected chi connectivity index (χ4v) is 5.20. The molecule has 2 bridgehead atoms. The maximum absolute atomic E-state index is 9.46. The molecule has 3 heteroatoms. The number of nitrogens with two attached hydrogens (primary N) is 1. The number of aliphatic hydroxyl groups excluding tert-OH is 1. The Bertz CT molecular complexity index is 344. The molecule has 2 aliphatic carbocycles. The van der Waals surface area contributed by atoms with Gasteiger partial charge in [0.05, 0.1) is 11.2 Å². The third-order valence-corrected chi connectivity index (χ3v) is 6.12. The minimum Gasteiger partial charge on any atom is -0.396 e. The van der Waals surface area contributed by atoms with Crippen LogP contribution in [0.25, 0.3) is 0 Å². The Morgan fingerprint density at radius 1 is 1.26 bits per heavy atom. The van der Waals surface area contributed by atoms with Gasteiger partial charge >= 0.3 is 0 Å². The molecule has 4 rings (SSSR count). The van der Waals surface area contributed by atoms with Crippen LogP contribution in [0.1, 0.15) is 58.8 Å². The smallest absolute Gasteiger partial charge is 0.0733 e. The Morgan fingerprint density at radius 2 is 2.05 bits per heavy atom. The van der Waals surface area contributed by atoms with Crippen LogP contribution in [0.15, 0.2) is 0 Å². The summed E-state index contributed by atoms with van der Waals surface area (Å²) < 4.78 is 6.60. The Morgan fingerprint density at radius 3 is 2.68 bits per heavy atom. The van der Waals surface area contributed by atoms with E-state index in [1.54, 1.807) is 0 Å².